The summed E-state index contributed by atoms with van der Waals surface area (Å²) in [5, 5.41) is 15.0. The third-order valence-corrected chi connectivity index (χ3v) is 6.85. The van der Waals surface area contributed by atoms with E-state index < -0.39 is 11.5 Å². The predicted octanol–water partition coefficient (Wildman–Crippen LogP) is 4.79. The van der Waals surface area contributed by atoms with Gasteiger partial charge in [-0.3, -0.25) is 14.5 Å². The van der Waals surface area contributed by atoms with Crippen molar-refractivity contribution in [2.45, 2.75) is 45.3 Å². The van der Waals surface area contributed by atoms with Crippen molar-refractivity contribution in [3.8, 4) is 5.75 Å². The standard InChI is InChI=1S/C28H32N2O4/c1-20-10-11-22(25-9-5-4-8-24(20)25)18-34-23-14-12-21(13-15-23)26(31)29-19-28(2,27(32)33)30-16-6-3-7-17-30/h4-5,8-15H,3,6-7,16-19H2,1-2H3,(H,29,31)(H,32,33)/t28-/m0/s1. The second-order valence-electron chi connectivity index (χ2n) is 9.21. The number of nitrogens with zero attached hydrogens (tertiary/aromatic N) is 1. The minimum Gasteiger partial charge on any atom is -0.489 e. The molecule has 3 aromatic rings. The molecular formula is C28H32N2O4. The van der Waals surface area contributed by atoms with E-state index in [-0.39, 0.29) is 12.5 Å². The van der Waals surface area contributed by atoms with Crippen LogP contribution in [0.25, 0.3) is 10.8 Å². The molecule has 0 saturated carbocycles. The molecule has 1 aliphatic heterocycles. The molecule has 4 rings (SSSR count). The van der Waals surface area contributed by atoms with Crippen LogP contribution in [-0.4, -0.2) is 47.1 Å². The molecule has 6 nitrogen and oxygen atoms in total. The van der Waals surface area contributed by atoms with E-state index >= 15 is 0 Å². The van der Waals surface area contributed by atoms with Crippen LogP contribution in [-0.2, 0) is 11.4 Å². The largest absolute Gasteiger partial charge is 0.489 e. The van der Waals surface area contributed by atoms with Crippen LogP contribution in [0.1, 0.15) is 47.7 Å². The smallest absolute Gasteiger partial charge is 0.325 e. The molecule has 0 aromatic heterocycles. The zero-order valence-electron chi connectivity index (χ0n) is 19.8. The fourth-order valence-corrected chi connectivity index (χ4v) is 4.57. The quantitative estimate of drug-likeness (QED) is 0.506. The lowest BCUT2D eigenvalue weighted by molar-refractivity contribution is -0.150. The minimum absolute atomic E-state index is 0.0555. The van der Waals surface area contributed by atoms with Gasteiger partial charge in [0.2, 0.25) is 0 Å². The van der Waals surface area contributed by atoms with E-state index in [0.717, 1.165) is 37.9 Å². The molecule has 178 valence electrons. The summed E-state index contributed by atoms with van der Waals surface area (Å²) in [6.45, 7) is 5.75. The van der Waals surface area contributed by atoms with Gasteiger partial charge in [-0.25, -0.2) is 0 Å². The summed E-state index contributed by atoms with van der Waals surface area (Å²) in [4.78, 5) is 26.7. The van der Waals surface area contributed by atoms with E-state index in [0.29, 0.717) is 17.9 Å². The van der Waals surface area contributed by atoms with Gasteiger partial charge in [-0.1, -0.05) is 42.8 Å². The van der Waals surface area contributed by atoms with E-state index in [9.17, 15) is 14.7 Å². The molecule has 34 heavy (non-hydrogen) atoms. The van der Waals surface area contributed by atoms with Crippen LogP contribution >= 0.6 is 0 Å². The van der Waals surface area contributed by atoms with Gasteiger partial charge >= 0.3 is 5.97 Å². The summed E-state index contributed by atoms with van der Waals surface area (Å²) in [5.41, 5.74) is 1.69. The Morgan fingerprint density at radius 2 is 1.65 bits per heavy atom. The highest BCUT2D eigenvalue weighted by Crippen LogP contribution is 2.24. The lowest BCUT2D eigenvalue weighted by Crippen LogP contribution is -2.60. The first kappa shape index (κ1) is 23.8. The molecule has 1 aliphatic rings. The van der Waals surface area contributed by atoms with E-state index in [1.807, 2.05) is 17.0 Å². The molecule has 6 heteroatoms. The van der Waals surface area contributed by atoms with Crippen LogP contribution in [0.2, 0.25) is 0 Å². The van der Waals surface area contributed by atoms with Gasteiger partial charge in [-0.15, -0.1) is 0 Å². The van der Waals surface area contributed by atoms with Gasteiger partial charge in [-0.2, -0.15) is 0 Å². The Morgan fingerprint density at radius 1 is 0.971 bits per heavy atom. The number of benzene rings is 3. The number of amides is 1. The summed E-state index contributed by atoms with van der Waals surface area (Å²) in [5.74, 6) is -0.535. The summed E-state index contributed by atoms with van der Waals surface area (Å²) in [7, 11) is 0. The number of carbonyl (C=O) groups excluding carboxylic acids is 1. The molecule has 0 spiro atoms. The topological polar surface area (TPSA) is 78.9 Å². The van der Waals surface area contributed by atoms with Crippen LogP contribution in [0.5, 0.6) is 5.75 Å². The molecule has 1 heterocycles. The molecule has 0 unspecified atom stereocenters. The number of rotatable bonds is 8. The second-order valence-corrected chi connectivity index (χ2v) is 9.21. The van der Waals surface area contributed by atoms with Gasteiger partial charge in [0.05, 0.1) is 0 Å². The minimum atomic E-state index is -1.12. The molecule has 1 saturated heterocycles. The molecule has 1 atom stereocenters. The Bertz CT molecular complexity index is 1170. The highest BCUT2D eigenvalue weighted by atomic mass is 16.5. The van der Waals surface area contributed by atoms with Crippen LogP contribution in [0, 0.1) is 6.92 Å². The van der Waals surface area contributed by atoms with Crippen LogP contribution in [0.15, 0.2) is 60.7 Å². The molecular weight excluding hydrogens is 428 g/mol. The fraction of sp³-hybridized carbons (Fsp3) is 0.357. The number of aryl methyl sites for hydroxylation is 1. The Kier molecular flexibility index (Phi) is 7.17. The molecule has 2 N–H and O–H groups in total. The zero-order valence-corrected chi connectivity index (χ0v) is 19.8. The maximum atomic E-state index is 12.7. The number of nitrogens with one attached hydrogen (secondary N) is 1. The summed E-state index contributed by atoms with van der Waals surface area (Å²) in [6.07, 6.45) is 3.08. The number of ether oxygens (including phenoxy) is 1. The van der Waals surface area contributed by atoms with Gasteiger partial charge in [-0.05, 0) is 85.9 Å². The van der Waals surface area contributed by atoms with Crippen LogP contribution < -0.4 is 10.1 Å². The molecule has 0 aliphatic carbocycles. The van der Waals surface area contributed by atoms with Crippen molar-refractivity contribution in [2.75, 3.05) is 19.6 Å². The summed E-state index contributed by atoms with van der Waals surface area (Å²) in [6, 6.07) is 19.4. The highest BCUT2D eigenvalue weighted by Gasteiger charge is 2.40. The molecule has 3 aromatic carbocycles. The lowest BCUT2D eigenvalue weighted by Gasteiger charge is -2.40. The number of hydrogen-bond acceptors (Lipinski definition) is 4. The van der Waals surface area contributed by atoms with E-state index in [1.54, 1.807) is 31.2 Å². The summed E-state index contributed by atoms with van der Waals surface area (Å²) < 4.78 is 5.98. The Balaban J connectivity index is 1.37. The van der Waals surface area contributed by atoms with E-state index in [1.165, 1.54) is 16.3 Å². The zero-order chi connectivity index (χ0) is 24.1. The monoisotopic (exact) mass is 460 g/mol. The number of likely N-dealkylation sites (tertiary alicyclic amines) is 1. The van der Waals surface area contributed by atoms with Gasteiger partial charge < -0.3 is 15.2 Å². The third kappa shape index (κ3) is 5.07. The molecule has 1 fully saturated rings. The van der Waals surface area contributed by atoms with Gasteiger partial charge in [0, 0.05) is 12.1 Å². The average Bonchev–Trinajstić information content (AvgIpc) is 2.87. The summed E-state index contributed by atoms with van der Waals surface area (Å²) >= 11 is 0. The number of carboxylic acid groups (broad SMARTS) is 1. The van der Waals surface area contributed by atoms with Crippen molar-refractivity contribution in [2.24, 2.45) is 0 Å². The van der Waals surface area contributed by atoms with Crippen LogP contribution in [0.4, 0.5) is 0 Å². The van der Waals surface area contributed by atoms with Crippen molar-refractivity contribution in [1.29, 1.82) is 0 Å². The van der Waals surface area contributed by atoms with E-state index in [4.69, 9.17) is 4.74 Å². The fourth-order valence-electron chi connectivity index (χ4n) is 4.57. The Labute approximate surface area is 200 Å². The van der Waals surface area contributed by atoms with Crippen molar-refractivity contribution in [1.82, 2.24) is 10.2 Å². The second kappa shape index (κ2) is 10.3. The van der Waals surface area contributed by atoms with Crippen LogP contribution in [0.3, 0.4) is 0 Å². The van der Waals surface area contributed by atoms with Gasteiger partial charge in [0.1, 0.15) is 17.9 Å². The van der Waals surface area contributed by atoms with Crippen molar-refractivity contribution in [3.63, 3.8) is 0 Å². The number of fused-ring (bicyclic) bond motifs is 1. The maximum Gasteiger partial charge on any atom is 0.325 e. The first-order chi connectivity index (χ1) is 16.4. The SMILES string of the molecule is Cc1ccc(COc2ccc(C(=O)NC[C@@](C)(C(=O)O)N3CCCCC3)cc2)c2ccccc12. The predicted molar refractivity (Wildman–Crippen MR) is 133 cm³/mol. The van der Waals surface area contributed by atoms with Crippen molar-refractivity contribution >= 4 is 22.6 Å². The van der Waals surface area contributed by atoms with Gasteiger partial charge in [0.15, 0.2) is 0 Å². The average molecular weight is 461 g/mol. The molecule has 1 amide bonds. The maximum absolute atomic E-state index is 12.7. The first-order valence-corrected chi connectivity index (χ1v) is 11.9. The van der Waals surface area contributed by atoms with Crippen molar-refractivity contribution < 1.29 is 19.4 Å². The van der Waals surface area contributed by atoms with E-state index in [2.05, 4.69) is 36.5 Å². The highest BCUT2D eigenvalue weighted by molar-refractivity contribution is 5.95. The first-order valence-electron chi connectivity index (χ1n) is 11.9. The Morgan fingerprint density at radius 3 is 2.32 bits per heavy atom. The normalized spacial score (nSPS) is 16.1. The number of carbonyl (C=O) groups is 2. The van der Waals surface area contributed by atoms with Crippen molar-refractivity contribution in [3.05, 3.63) is 77.4 Å². The molecule has 0 radical (unpaired) electrons. The third-order valence-electron chi connectivity index (χ3n) is 6.85. The number of piperidine rings is 1. The number of aliphatic carboxylic acids is 1. The van der Waals surface area contributed by atoms with Gasteiger partial charge in [0.25, 0.3) is 5.91 Å². The number of carboxylic acids is 1. The Hall–Kier alpha value is -3.38. The lowest BCUT2D eigenvalue weighted by atomic mass is 9.96. The molecule has 0 bridgehead atoms. The number of hydrogen-bond donors (Lipinski definition) is 2.